The second-order valence-electron chi connectivity index (χ2n) is 4.04. The number of alkyl halides is 3. The first kappa shape index (κ1) is 13.7. The first-order valence-electron chi connectivity index (χ1n) is 4.48. The monoisotopic (exact) mass is 269 g/mol. The van der Waals surface area contributed by atoms with Crippen LogP contribution in [0.1, 0.15) is 25.8 Å². The van der Waals surface area contributed by atoms with Gasteiger partial charge in [-0.15, -0.1) is 10.2 Å². The molecule has 0 unspecified atom stereocenters. The number of carbonyl (C=O) groups excluding carboxylic acids is 1. The van der Waals surface area contributed by atoms with E-state index >= 15 is 0 Å². The maximum absolute atomic E-state index is 12.2. The molecule has 1 rings (SSSR count). The van der Waals surface area contributed by atoms with E-state index < -0.39 is 22.9 Å². The van der Waals surface area contributed by atoms with Crippen molar-refractivity contribution in [2.24, 2.45) is 0 Å². The van der Waals surface area contributed by atoms with Gasteiger partial charge >= 0.3 is 12.3 Å². The molecular weight excluding hydrogens is 259 g/mol. The lowest BCUT2D eigenvalue weighted by molar-refractivity contribution is -0.138. The molecule has 0 fully saturated rings. The van der Waals surface area contributed by atoms with Crippen molar-refractivity contribution in [3.05, 3.63) is 5.01 Å². The summed E-state index contributed by atoms with van der Waals surface area (Å²) in [6, 6.07) is 0. The standard InChI is InChI=1S/C8H10F3N3O2S/c1-7(2,3)16-6(15)12-5-14-13-4(17-5)8(9,10)11/h1-3H3,(H,12,14,15). The maximum Gasteiger partial charge on any atom is 0.445 e. The molecule has 0 atom stereocenters. The highest BCUT2D eigenvalue weighted by Gasteiger charge is 2.36. The van der Waals surface area contributed by atoms with Gasteiger partial charge in [-0.1, -0.05) is 11.3 Å². The Bertz CT molecular complexity index is 411. The van der Waals surface area contributed by atoms with Crippen molar-refractivity contribution in [1.82, 2.24) is 10.2 Å². The third-order valence-corrected chi connectivity index (χ3v) is 2.16. The quantitative estimate of drug-likeness (QED) is 0.851. The van der Waals surface area contributed by atoms with Crippen molar-refractivity contribution in [3.8, 4) is 0 Å². The summed E-state index contributed by atoms with van der Waals surface area (Å²) in [7, 11) is 0. The molecule has 17 heavy (non-hydrogen) atoms. The SMILES string of the molecule is CC(C)(C)OC(=O)Nc1nnc(C(F)(F)F)s1. The fourth-order valence-corrected chi connectivity index (χ4v) is 1.38. The summed E-state index contributed by atoms with van der Waals surface area (Å²) in [5.41, 5.74) is -0.734. The van der Waals surface area contributed by atoms with Gasteiger partial charge in [0.1, 0.15) is 5.60 Å². The molecular formula is C8H10F3N3O2S. The van der Waals surface area contributed by atoms with Crippen molar-refractivity contribution in [3.63, 3.8) is 0 Å². The van der Waals surface area contributed by atoms with E-state index in [0.717, 1.165) is 0 Å². The molecule has 1 amide bonds. The number of nitrogens with zero attached hydrogens (tertiary/aromatic N) is 2. The second kappa shape index (κ2) is 4.47. The highest BCUT2D eigenvalue weighted by atomic mass is 32.1. The zero-order chi connectivity index (χ0) is 13.3. The summed E-state index contributed by atoms with van der Waals surface area (Å²) in [6.45, 7) is 4.90. The topological polar surface area (TPSA) is 64.1 Å². The minimum absolute atomic E-state index is 0.235. The van der Waals surface area contributed by atoms with Crippen LogP contribution in [0.2, 0.25) is 0 Å². The number of carbonyl (C=O) groups is 1. The van der Waals surface area contributed by atoms with Crippen LogP contribution in [0.25, 0.3) is 0 Å². The minimum atomic E-state index is -4.56. The van der Waals surface area contributed by atoms with Gasteiger partial charge in [0.15, 0.2) is 0 Å². The van der Waals surface area contributed by atoms with Crippen molar-refractivity contribution < 1.29 is 22.7 Å². The van der Waals surface area contributed by atoms with Crippen LogP contribution in [0, 0.1) is 0 Å². The zero-order valence-electron chi connectivity index (χ0n) is 9.25. The molecule has 0 spiro atoms. The summed E-state index contributed by atoms with van der Waals surface area (Å²) in [4.78, 5) is 11.2. The van der Waals surface area contributed by atoms with Gasteiger partial charge in [0.2, 0.25) is 10.1 Å². The van der Waals surface area contributed by atoms with E-state index in [1.165, 1.54) is 0 Å². The Morgan fingerprint density at radius 2 is 1.88 bits per heavy atom. The molecule has 1 N–H and O–H groups in total. The number of nitrogens with one attached hydrogen (secondary N) is 1. The molecule has 0 aliphatic heterocycles. The number of aromatic nitrogens is 2. The minimum Gasteiger partial charge on any atom is -0.444 e. The Morgan fingerprint density at radius 1 is 1.29 bits per heavy atom. The fraction of sp³-hybridized carbons (Fsp3) is 0.625. The number of ether oxygens (including phenoxy) is 1. The van der Waals surface area contributed by atoms with Crippen molar-refractivity contribution in [2.75, 3.05) is 5.32 Å². The second-order valence-corrected chi connectivity index (χ2v) is 5.01. The Labute approximate surface area is 99.0 Å². The van der Waals surface area contributed by atoms with Crippen LogP contribution in [-0.4, -0.2) is 21.9 Å². The van der Waals surface area contributed by atoms with Gasteiger partial charge in [0.25, 0.3) is 0 Å². The van der Waals surface area contributed by atoms with Crippen LogP contribution in [0.15, 0.2) is 0 Å². The molecule has 1 aromatic rings. The lowest BCUT2D eigenvalue weighted by Crippen LogP contribution is -2.27. The van der Waals surface area contributed by atoms with Crippen molar-refractivity contribution in [2.45, 2.75) is 32.5 Å². The smallest absolute Gasteiger partial charge is 0.444 e. The molecule has 0 aromatic carbocycles. The number of amides is 1. The summed E-state index contributed by atoms with van der Waals surface area (Å²) < 4.78 is 41.4. The van der Waals surface area contributed by atoms with Gasteiger partial charge in [-0.05, 0) is 20.8 Å². The number of anilines is 1. The van der Waals surface area contributed by atoms with Crippen LogP contribution in [0.5, 0.6) is 0 Å². The molecule has 0 bridgehead atoms. The predicted molar refractivity (Wildman–Crippen MR) is 54.8 cm³/mol. The molecule has 9 heteroatoms. The number of hydrogen-bond acceptors (Lipinski definition) is 5. The zero-order valence-corrected chi connectivity index (χ0v) is 10.1. The van der Waals surface area contributed by atoms with E-state index in [9.17, 15) is 18.0 Å². The largest absolute Gasteiger partial charge is 0.445 e. The van der Waals surface area contributed by atoms with Crippen LogP contribution < -0.4 is 5.32 Å². The Balaban J connectivity index is 2.65. The van der Waals surface area contributed by atoms with Gasteiger partial charge in [-0.25, -0.2) is 4.79 Å². The number of rotatable bonds is 1. The fourth-order valence-electron chi connectivity index (χ4n) is 0.779. The Morgan fingerprint density at radius 3 is 2.29 bits per heavy atom. The normalized spacial score (nSPS) is 12.4. The molecule has 0 radical (unpaired) electrons. The Kier molecular flexibility index (Phi) is 3.60. The molecule has 1 heterocycles. The molecule has 1 aromatic heterocycles. The van der Waals surface area contributed by atoms with Gasteiger partial charge in [-0.3, -0.25) is 5.32 Å². The summed E-state index contributed by atoms with van der Waals surface area (Å²) in [5.74, 6) is 0. The van der Waals surface area contributed by atoms with E-state index in [1.54, 1.807) is 20.8 Å². The third kappa shape index (κ3) is 4.55. The molecule has 5 nitrogen and oxygen atoms in total. The van der Waals surface area contributed by atoms with E-state index in [1.807, 2.05) is 0 Å². The average Bonchev–Trinajstić information content (AvgIpc) is 2.47. The lowest BCUT2D eigenvalue weighted by atomic mass is 10.2. The molecule has 0 saturated heterocycles. The van der Waals surface area contributed by atoms with Gasteiger partial charge in [0.05, 0.1) is 0 Å². The number of halogens is 3. The van der Waals surface area contributed by atoms with Crippen LogP contribution >= 0.6 is 11.3 Å². The summed E-state index contributed by atoms with van der Waals surface area (Å²) in [6.07, 6.45) is -5.44. The lowest BCUT2D eigenvalue weighted by Gasteiger charge is -2.18. The predicted octanol–water partition coefficient (Wildman–Crippen LogP) is 2.90. The van der Waals surface area contributed by atoms with Gasteiger partial charge in [-0.2, -0.15) is 13.2 Å². The van der Waals surface area contributed by atoms with Crippen molar-refractivity contribution in [1.29, 1.82) is 0 Å². The molecule has 0 aliphatic rings. The van der Waals surface area contributed by atoms with Gasteiger partial charge in [0, 0.05) is 0 Å². The van der Waals surface area contributed by atoms with Crippen LogP contribution in [0.3, 0.4) is 0 Å². The first-order chi connectivity index (χ1) is 7.58. The number of hydrogen-bond donors (Lipinski definition) is 1. The van der Waals surface area contributed by atoms with Crippen LogP contribution in [-0.2, 0) is 10.9 Å². The third-order valence-electron chi connectivity index (χ3n) is 1.28. The van der Waals surface area contributed by atoms with Gasteiger partial charge < -0.3 is 4.74 Å². The van der Waals surface area contributed by atoms with E-state index in [4.69, 9.17) is 4.74 Å². The van der Waals surface area contributed by atoms with E-state index in [-0.39, 0.29) is 16.5 Å². The van der Waals surface area contributed by atoms with Crippen LogP contribution in [0.4, 0.5) is 23.1 Å². The summed E-state index contributed by atoms with van der Waals surface area (Å²) >= 11 is 0.235. The average molecular weight is 269 g/mol. The maximum atomic E-state index is 12.2. The molecule has 0 aliphatic carbocycles. The first-order valence-corrected chi connectivity index (χ1v) is 5.30. The van der Waals surface area contributed by atoms with E-state index in [2.05, 4.69) is 15.5 Å². The van der Waals surface area contributed by atoms with E-state index in [0.29, 0.717) is 0 Å². The summed E-state index contributed by atoms with van der Waals surface area (Å²) in [5, 5.41) is 6.79. The van der Waals surface area contributed by atoms with Crippen molar-refractivity contribution >= 4 is 22.6 Å². The molecule has 96 valence electrons. The molecule has 0 saturated carbocycles. The highest BCUT2D eigenvalue weighted by Crippen LogP contribution is 2.33. The Hall–Kier alpha value is -1.38. The highest BCUT2D eigenvalue weighted by molar-refractivity contribution is 7.15.